The molecule has 0 saturated heterocycles. The van der Waals surface area contributed by atoms with Gasteiger partial charge in [-0.2, -0.15) is 0 Å². The van der Waals surface area contributed by atoms with Gasteiger partial charge in [0.15, 0.2) is 0 Å². The van der Waals surface area contributed by atoms with Gasteiger partial charge in [0.25, 0.3) is 11.8 Å². The first kappa shape index (κ1) is 30.1. The van der Waals surface area contributed by atoms with Crippen LogP contribution < -0.4 is 22.1 Å². The zero-order valence-corrected chi connectivity index (χ0v) is 24.4. The van der Waals surface area contributed by atoms with Crippen LogP contribution in [0.5, 0.6) is 0 Å². The van der Waals surface area contributed by atoms with E-state index in [4.69, 9.17) is 28.9 Å². The van der Waals surface area contributed by atoms with E-state index in [2.05, 4.69) is 16.4 Å². The number of nitrogens with one attached hydrogen (secondary N) is 2. The van der Waals surface area contributed by atoms with Crippen LogP contribution in [-0.2, 0) is 34.2 Å². The van der Waals surface area contributed by atoms with E-state index in [1.54, 1.807) is 36.4 Å². The fourth-order valence-electron chi connectivity index (χ4n) is 3.21. The molecule has 4 rings (SSSR count). The van der Waals surface area contributed by atoms with E-state index in [1.807, 2.05) is 60.7 Å². The third-order valence-electron chi connectivity index (χ3n) is 5.10. The second-order valence-electron chi connectivity index (χ2n) is 7.89. The SMILES string of the molecule is Nc1ccc(Cl)c(C(=O)NCc2ccccc2)c1.[NH3+]c1ccc(Cl)c(C(=O)NCc2ccccc2)c1.[W]. The molecule has 2 amide bonds. The van der Waals surface area contributed by atoms with Crippen molar-refractivity contribution in [3.05, 3.63) is 129 Å². The van der Waals surface area contributed by atoms with E-state index in [-0.39, 0.29) is 32.9 Å². The van der Waals surface area contributed by atoms with E-state index in [0.717, 1.165) is 16.8 Å². The largest absolute Gasteiger partial charge is 0.399 e. The molecule has 0 fully saturated rings. The van der Waals surface area contributed by atoms with Gasteiger partial charge in [-0.3, -0.25) is 9.59 Å². The monoisotopic (exact) mass is 705 g/mol. The van der Waals surface area contributed by atoms with Gasteiger partial charge >= 0.3 is 0 Å². The number of hydrogen-bond donors (Lipinski definition) is 4. The predicted molar refractivity (Wildman–Crippen MR) is 145 cm³/mol. The van der Waals surface area contributed by atoms with Crippen LogP contribution >= 0.6 is 23.2 Å². The summed E-state index contributed by atoms with van der Waals surface area (Å²) in [4.78, 5) is 23.9. The number of nitrogen functional groups attached to an aromatic ring is 1. The van der Waals surface area contributed by atoms with Gasteiger partial charge in [0.1, 0.15) is 5.69 Å². The van der Waals surface area contributed by atoms with Crippen molar-refractivity contribution in [3.8, 4) is 0 Å². The molecule has 37 heavy (non-hydrogen) atoms. The smallest absolute Gasteiger partial charge is 0.253 e. The Hall–Kier alpha value is -3.15. The first-order valence-electron chi connectivity index (χ1n) is 11.1. The number of anilines is 1. The molecule has 0 unspecified atom stereocenters. The van der Waals surface area contributed by atoms with Gasteiger partial charge in [-0.05, 0) is 35.4 Å². The molecular formula is C28H27Cl2N4O2W+. The Morgan fingerprint density at radius 2 is 1.11 bits per heavy atom. The normalized spacial score (nSPS) is 9.81. The quantitative estimate of drug-likeness (QED) is 0.212. The number of hydrogen-bond acceptors (Lipinski definition) is 3. The Morgan fingerprint density at radius 3 is 1.59 bits per heavy atom. The van der Waals surface area contributed by atoms with Crippen molar-refractivity contribution in [1.82, 2.24) is 10.6 Å². The molecule has 0 aromatic heterocycles. The predicted octanol–water partition coefficient (Wildman–Crippen LogP) is 4.99. The Kier molecular flexibility index (Phi) is 12.3. The van der Waals surface area contributed by atoms with E-state index >= 15 is 0 Å². The number of rotatable bonds is 6. The Labute approximate surface area is 240 Å². The number of carbonyl (C=O) groups excluding carboxylic acids is 2. The van der Waals surface area contributed by atoms with E-state index in [9.17, 15) is 9.59 Å². The molecule has 0 bridgehead atoms. The maximum absolute atomic E-state index is 12.0. The van der Waals surface area contributed by atoms with Gasteiger partial charge in [0.05, 0.1) is 21.2 Å². The minimum atomic E-state index is -0.226. The Bertz CT molecular complexity index is 1220. The first-order chi connectivity index (χ1) is 17.3. The number of carbonyl (C=O) groups is 2. The van der Waals surface area contributed by atoms with E-state index in [0.29, 0.717) is 39.9 Å². The van der Waals surface area contributed by atoms with Crippen molar-refractivity contribution in [1.29, 1.82) is 0 Å². The molecule has 0 radical (unpaired) electrons. The maximum atomic E-state index is 12.0. The van der Waals surface area contributed by atoms with Gasteiger partial charge in [-0.25, -0.2) is 0 Å². The van der Waals surface area contributed by atoms with Crippen LogP contribution in [-0.4, -0.2) is 11.8 Å². The standard InChI is InChI=1S/2C14H13ClN2O.W/c2*15-13-7-6-11(16)8-12(13)14(18)17-9-10-4-2-1-3-5-10;/h2*1-8H,9,16H2,(H,17,18);/p+1. The third kappa shape index (κ3) is 9.67. The zero-order valence-electron chi connectivity index (χ0n) is 19.9. The topological polar surface area (TPSA) is 112 Å². The molecule has 4 aromatic carbocycles. The van der Waals surface area contributed by atoms with Crippen molar-refractivity contribution in [2.75, 3.05) is 5.73 Å². The number of amides is 2. The van der Waals surface area contributed by atoms with Gasteiger partial charge in [0, 0.05) is 52.0 Å². The fourth-order valence-corrected chi connectivity index (χ4v) is 3.62. The molecule has 0 aliphatic rings. The zero-order chi connectivity index (χ0) is 25.9. The van der Waals surface area contributed by atoms with Crippen molar-refractivity contribution >= 4 is 46.4 Å². The van der Waals surface area contributed by atoms with Crippen molar-refractivity contribution in [3.63, 3.8) is 0 Å². The minimum Gasteiger partial charge on any atom is -0.399 e. The van der Waals surface area contributed by atoms with Crippen LogP contribution in [0.1, 0.15) is 31.8 Å². The van der Waals surface area contributed by atoms with Crippen molar-refractivity contribution < 1.29 is 36.4 Å². The van der Waals surface area contributed by atoms with Crippen molar-refractivity contribution in [2.24, 2.45) is 0 Å². The second-order valence-corrected chi connectivity index (χ2v) is 8.70. The summed E-state index contributed by atoms with van der Waals surface area (Å²) < 4.78 is 0. The average molecular weight is 706 g/mol. The van der Waals surface area contributed by atoms with Crippen LogP contribution in [0.2, 0.25) is 10.0 Å². The van der Waals surface area contributed by atoms with Crippen LogP contribution in [0.4, 0.5) is 11.4 Å². The molecule has 0 atom stereocenters. The molecule has 0 saturated carbocycles. The minimum absolute atomic E-state index is 0. The molecule has 190 valence electrons. The summed E-state index contributed by atoms with van der Waals surface area (Å²) in [5.41, 5.74) is 13.6. The second kappa shape index (κ2) is 15.2. The maximum Gasteiger partial charge on any atom is 0.253 e. The summed E-state index contributed by atoms with van der Waals surface area (Å²) in [5.74, 6) is -0.412. The first-order valence-corrected chi connectivity index (χ1v) is 11.9. The van der Waals surface area contributed by atoms with Gasteiger partial charge in [-0.15, -0.1) is 0 Å². The fraction of sp³-hybridized carbons (Fsp3) is 0.0714. The van der Waals surface area contributed by atoms with Gasteiger partial charge in [0.2, 0.25) is 0 Å². The van der Waals surface area contributed by atoms with Crippen molar-refractivity contribution in [2.45, 2.75) is 13.1 Å². The molecule has 0 spiro atoms. The van der Waals surface area contributed by atoms with Crippen LogP contribution in [0, 0.1) is 0 Å². The summed E-state index contributed by atoms with van der Waals surface area (Å²) in [6, 6.07) is 29.4. The number of benzene rings is 4. The molecule has 0 heterocycles. The number of halogens is 2. The molecule has 4 aromatic rings. The third-order valence-corrected chi connectivity index (χ3v) is 5.76. The molecule has 7 N–H and O–H groups in total. The van der Waals surface area contributed by atoms with Crippen LogP contribution in [0.25, 0.3) is 0 Å². The number of quaternary nitrogens is 1. The summed E-state index contributed by atoms with van der Waals surface area (Å²) in [6.45, 7) is 0.947. The molecule has 0 aliphatic heterocycles. The van der Waals surface area contributed by atoms with Crippen LogP contribution in [0.15, 0.2) is 97.1 Å². The van der Waals surface area contributed by atoms with E-state index in [1.165, 1.54) is 0 Å². The summed E-state index contributed by atoms with van der Waals surface area (Å²) in [5, 5.41) is 6.47. The Morgan fingerprint density at radius 1 is 0.676 bits per heavy atom. The summed E-state index contributed by atoms with van der Waals surface area (Å²) in [7, 11) is 0. The van der Waals surface area contributed by atoms with Gasteiger partial charge in [-0.1, -0.05) is 83.9 Å². The molecule has 0 aliphatic carbocycles. The Balaban J connectivity index is 0.000000253. The summed E-state index contributed by atoms with van der Waals surface area (Å²) >= 11 is 11.9. The summed E-state index contributed by atoms with van der Waals surface area (Å²) in [6.07, 6.45) is 0. The average Bonchev–Trinajstić information content (AvgIpc) is 2.90. The number of nitrogens with two attached hydrogens (primary N) is 1. The van der Waals surface area contributed by atoms with E-state index < -0.39 is 0 Å². The molecular weight excluding hydrogens is 679 g/mol. The van der Waals surface area contributed by atoms with Gasteiger partial charge < -0.3 is 22.1 Å². The van der Waals surface area contributed by atoms with Crippen LogP contribution in [0.3, 0.4) is 0 Å². The molecule has 9 heteroatoms. The molecule has 6 nitrogen and oxygen atoms in total.